The van der Waals surface area contributed by atoms with Gasteiger partial charge in [0.1, 0.15) is 17.3 Å². The minimum absolute atomic E-state index is 0.137. The SMILES string of the molecule is [2H]c1c([2H])c([2H])c(-c2c([2H])c([2H])c([2H])c(-c3c([2H])c([2H])c([2H])c([2H])c3[2H])c2[N+]2=C=[N+](c3cc(Oc4ccc5c6ncccc6n(-c6cc(C(C)(C)C)ccn6)c5c4)cc(C(C)(C)C)c3)c3ccccc32)c([2H])c1[2H]. The molecule has 3 aromatic heterocycles. The van der Waals surface area contributed by atoms with Crippen molar-refractivity contribution in [3.05, 3.63) is 187 Å². The Morgan fingerprint density at radius 2 is 1.25 bits per heavy atom. The predicted octanol–water partition coefficient (Wildman–Crippen LogP) is 14.2. The fourth-order valence-corrected chi connectivity index (χ4v) is 7.62. The molecule has 6 aromatic carbocycles. The molecule has 0 spiro atoms. The predicted molar refractivity (Wildman–Crippen MR) is 252 cm³/mol. The number of hydrogen-bond donors (Lipinski definition) is 0. The Labute approximate surface area is 375 Å². The number of nitrogens with zero attached hydrogens (tertiary/aromatic N) is 5. The van der Waals surface area contributed by atoms with Crippen molar-refractivity contribution in [3.63, 3.8) is 0 Å². The summed E-state index contributed by atoms with van der Waals surface area (Å²) >= 11 is 0. The Hall–Kier alpha value is -7.40. The number of rotatable bonds is 7. The molecule has 6 heteroatoms. The van der Waals surface area contributed by atoms with Crippen LogP contribution in [0.15, 0.2) is 176 Å². The Bertz CT molecular complexity index is 3840. The van der Waals surface area contributed by atoms with Crippen molar-refractivity contribution in [1.29, 1.82) is 0 Å². The van der Waals surface area contributed by atoms with E-state index in [0.29, 0.717) is 28.6 Å². The summed E-state index contributed by atoms with van der Waals surface area (Å²) in [6.45, 7) is 12.6. The lowest BCUT2D eigenvalue weighted by Crippen LogP contribution is -2.12. The molecule has 9 aromatic rings. The van der Waals surface area contributed by atoms with E-state index in [1.54, 1.807) is 35.0 Å². The molecule has 296 valence electrons. The molecule has 1 aliphatic rings. The van der Waals surface area contributed by atoms with Gasteiger partial charge in [0.05, 0.1) is 51.6 Å². The van der Waals surface area contributed by atoms with Crippen molar-refractivity contribution in [1.82, 2.24) is 23.7 Å². The van der Waals surface area contributed by atoms with Gasteiger partial charge in [-0.15, -0.1) is 0 Å². The van der Waals surface area contributed by atoms with Crippen molar-refractivity contribution < 1.29 is 22.6 Å². The van der Waals surface area contributed by atoms with Crippen LogP contribution in [0.5, 0.6) is 11.5 Å². The lowest BCUT2D eigenvalue weighted by atomic mass is 9.86. The summed E-state index contributed by atoms with van der Waals surface area (Å²) in [4.78, 5) is 9.57. The highest BCUT2D eigenvalue weighted by Gasteiger charge is 2.39. The Kier molecular flexibility index (Phi) is 6.25. The first-order valence-corrected chi connectivity index (χ1v) is 19.8. The van der Waals surface area contributed by atoms with Gasteiger partial charge in [-0.25, -0.2) is 4.98 Å². The van der Waals surface area contributed by atoms with Gasteiger partial charge in [0.2, 0.25) is 11.4 Å². The summed E-state index contributed by atoms with van der Waals surface area (Å²) in [5, 5.41) is 0.897. The molecule has 0 saturated carbocycles. The topological polar surface area (TPSA) is 46.0 Å². The van der Waals surface area contributed by atoms with Crippen LogP contribution in [-0.4, -0.2) is 20.5 Å². The highest BCUT2D eigenvalue weighted by Crippen LogP contribution is 2.45. The molecule has 1 aliphatic heterocycles. The summed E-state index contributed by atoms with van der Waals surface area (Å²) < 4.78 is 128. The average Bonchev–Trinajstić information content (AvgIpc) is 3.92. The second-order valence-electron chi connectivity index (χ2n) is 16.8. The molecule has 0 saturated heterocycles. The van der Waals surface area contributed by atoms with Crippen LogP contribution in [0.4, 0.5) is 22.7 Å². The van der Waals surface area contributed by atoms with E-state index in [4.69, 9.17) is 29.8 Å². The van der Waals surface area contributed by atoms with Gasteiger partial charge in [0, 0.05) is 42.0 Å². The summed E-state index contributed by atoms with van der Waals surface area (Å²) in [7, 11) is 0. The number of fused-ring (bicyclic) bond motifs is 4. The van der Waals surface area contributed by atoms with Crippen LogP contribution in [0.1, 0.15) is 70.5 Å². The van der Waals surface area contributed by atoms with Crippen LogP contribution >= 0.6 is 0 Å². The zero-order chi connectivity index (χ0) is 53.2. The number of hydrogen-bond acceptors (Lipinski definition) is 3. The molecular weight excluding hydrogens is 747 g/mol. The van der Waals surface area contributed by atoms with E-state index in [-0.39, 0.29) is 11.1 Å². The van der Waals surface area contributed by atoms with Gasteiger partial charge in [-0.2, -0.15) is 0 Å². The molecule has 0 amide bonds. The Morgan fingerprint density at radius 1 is 0.574 bits per heavy atom. The van der Waals surface area contributed by atoms with Crippen LogP contribution in [0.3, 0.4) is 0 Å². The van der Waals surface area contributed by atoms with Crippen LogP contribution in [0.25, 0.3) is 50.0 Å². The molecule has 4 heterocycles. The van der Waals surface area contributed by atoms with E-state index in [1.165, 1.54) is 4.58 Å². The van der Waals surface area contributed by atoms with Gasteiger partial charge in [-0.05, 0) is 96.8 Å². The third kappa shape index (κ3) is 6.91. The fourth-order valence-electron chi connectivity index (χ4n) is 7.62. The maximum atomic E-state index is 9.43. The lowest BCUT2D eigenvalue weighted by Gasteiger charge is -2.20. The maximum absolute atomic E-state index is 9.43. The molecule has 0 fully saturated rings. The van der Waals surface area contributed by atoms with Gasteiger partial charge in [0.25, 0.3) is 11.4 Å². The van der Waals surface area contributed by atoms with Crippen molar-refractivity contribution in [2.24, 2.45) is 0 Å². The van der Waals surface area contributed by atoms with Gasteiger partial charge in [0.15, 0.2) is 0 Å². The van der Waals surface area contributed by atoms with Crippen LogP contribution in [0.2, 0.25) is 0 Å². The molecule has 61 heavy (non-hydrogen) atoms. The number of ether oxygens (including phenoxy) is 1. The zero-order valence-electron chi connectivity index (χ0n) is 47.4. The number of para-hydroxylation sites is 3. The number of pyridine rings is 2. The monoisotopic (exact) mass is 806 g/mol. The quantitative estimate of drug-likeness (QED) is 0.151. The molecule has 0 unspecified atom stereocenters. The second kappa shape index (κ2) is 14.7. The number of aromatic nitrogens is 3. The van der Waals surface area contributed by atoms with Gasteiger partial charge < -0.3 is 4.74 Å². The smallest absolute Gasteiger partial charge is 0.457 e. The van der Waals surface area contributed by atoms with E-state index in [9.17, 15) is 2.74 Å². The third-order valence-electron chi connectivity index (χ3n) is 10.7. The second-order valence-corrected chi connectivity index (χ2v) is 16.8. The molecule has 0 atom stereocenters. The van der Waals surface area contributed by atoms with Crippen molar-refractivity contribution in [2.75, 3.05) is 0 Å². The molecular formula is C55H47N5O+2. The van der Waals surface area contributed by atoms with Crippen molar-refractivity contribution in [3.8, 4) is 39.6 Å². The Morgan fingerprint density at radius 3 is 1.92 bits per heavy atom. The van der Waals surface area contributed by atoms with E-state index in [2.05, 4.69) is 58.2 Å². The van der Waals surface area contributed by atoms with Gasteiger partial charge in [-0.1, -0.05) is 120 Å². The highest BCUT2D eigenvalue weighted by atomic mass is 16.5. The first-order valence-electron chi connectivity index (χ1n) is 26.3. The Balaban J connectivity index is 1.25. The standard InChI is InChI=1S/C55H47N5O/c1-54(2,3)39-28-30-56-51(33-39)60-49-25-16-29-57-52(49)46-27-26-42(35-50(46)60)61-43-32-40(55(4,5)6)31-41(34-43)58-36-59(48-24-14-13-23-47(48)58)53-44(37-17-9-7-10-18-37)21-15-22-45(53)38-19-11-8-12-20-38/h7-35H,1-6H3/q+2/i7D,8D,9D,10D,11D,12D,15D,17D,18D,19D,20D,21D,22D. The highest BCUT2D eigenvalue weighted by molar-refractivity contribution is 6.07. The van der Waals surface area contributed by atoms with Crippen LogP contribution < -0.4 is 13.9 Å². The molecule has 6 nitrogen and oxygen atoms in total. The number of benzene rings is 6. The van der Waals surface area contributed by atoms with Crippen LogP contribution in [-0.2, 0) is 10.8 Å². The summed E-state index contributed by atoms with van der Waals surface area (Å²) in [6, 6.07) is 20.4. The molecule has 0 aliphatic carbocycles. The minimum Gasteiger partial charge on any atom is -0.457 e. The summed E-state index contributed by atoms with van der Waals surface area (Å²) in [5.74, 6) is 1.67. The van der Waals surface area contributed by atoms with Crippen molar-refractivity contribution in [2.45, 2.75) is 52.4 Å². The fraction of sp³-hybridized carbons (Fsp3) is 0.145. The average molecular weight is 807 g/mol. The van der Waals surface area contributed by atoms with E-state index in [1.807, 2.05) is 60.8 Å². The van der Waals surface area contributed by atoms with Gasteiger partial charge >= 0.3 is 6.01 Å². The van der Waals surface area contributed by atoms with Crippen LogP contribution in [0, 0.1) is 0 Å². The lowest BCUT2D eigenvalue weighted by molar-refractivity contribution is 0.479. The van der Waals surface area contributed by atoms with Gasteiger partial charge in [-0.3, -0.25) is 9.55 Å². The summed E-state index contributed by atoms with van der Waals surface area (Å²) in [5.41, 5.74) is 3.12. The first-order chi connectivity index (χ1) is 34.9. The minimum atomic E-state index is -0.772. The maximum Gasteiger partial charge on any atom is 0.503 e. The van der Waals surface area contributed by atoms with E-state index in [0.717, 1.165) is 38.9 Å². The molecule has 0 bridgehead atoms. The molecule has 10 rings (SSSR count). The molecule has 0 radical (unpaired) electrons. The van der Waals surface area contributed by atoms with Crippen molar-refractivity contribution >= 4 is 50.7 Å². The van der Waals surface area contributed by atoms with E-state index >= 15 is 0 Å². The third-order valence-corrected chi connectivity index (χ3v) is 10.7. The largest absolute Gasteiger partial charge is 0.503 e. The van der Waals surface area contributed by atoms with E-state index < -0.39 is 106 Å². The first kappa shape index (κ1) is 25.9. The normalized spacial score (nSPS) is 15.7. The summed E-state index contributed by atoms with van der Waals surface area (Å²) in [6.07, 6.45) is 3.57. The zero-order valence-corrected chi connectivity index (χ0v) is 34.4. The molecule has 0 N–H and O–H groups in total.